The van der Waals surface area contributed by atoms with Gasteiger partial charge in [-0.25, -0.2) is 4.98 Å². The van der Waals surface area contributed by atoms with Gasteiger partial charge >= 0.3 is 0 Å². The number of carbonyl (C=O) groups is 1. The minimum Gasteiger partial charge on any atom is -0.493 e. The first-order chi connectivity index (χ1) is 10.5. The van der Waals surface area contributed by atoms with Crippen LogP contribution in [0.3, 0.4) is 0 Å². The second-order valence-corrected chi connectivity index (χ2v) is 5.23. The van der Waals surface area contributed by atoms with Crippen molar-refractivity contribution >= 4 is 17.5 Å². The predicted molar refractivity (Wildman–Crippen MR) is 83.7 cm³/mol. The van der Waals surface area contributed by atoms with Crippen LogP contribution in [0.15, 0.2) is 30.9 Å². The van der Waals surface area contributed by atoms with Gasteiger partial charge in [-0.1, -0.05) is 11.6 Å². The first-order valence-corrected chi connectivity index (χ1v) is 7.11. The summed E-state index contributed by atoms with van der Waals surface area (Å²) in [7, 11) is 2.99. The predicted octanol–water partition coefficient (Wildman–Crippen LogP) is 2.37. The maximum Gasteiger partial charge on any atom is 0.251 e. The van der Waals surface area contributed by atoms with Crippen LogP contribution in [0.5, 0.6) is 11.5 Å². The molecule has 0 aliphatic heterocycles. The topological polar surface area (TPSA) is 65.4 Å². The van der Waals surface area contributed by atoms with Crippen LogP contribution in [0.4, 0.5) is 0 Å². The molecule has 6 nitrogen and oxygen atoms in total. The van der Waals surface area contributed by atoms with Crippen LogP contribution in [0.25, 0.3) is 0 Å². The molecule has 1 N–H and O–H groups in total. The van der Waals surface area contributed by atoms with Crippen LogP contribution >= 0.6 is 11.6 Å². The molecule has 1 aromatic carbocycles. The summed E-state index contributed by atoms with van der Waals surface area (Å²) in [5.74, 6) is 0.602. The number of amides is 1. The highest BCUT2D eigenvalue weighted by molar-refractivity contribution is 6.32. The smallest absolute Gasteiger partial charge is 0.251 e. The number of rotatable bonds is 6. The summed E-state index contributed by atoms with van der Waals surface area (Å²) in [5, 5.41) is 3.24. The zero-order valence-electron chi connectivity index (χ0n) is 12.7. The van der Waals surface area contributed by atoms with Crippen molar-refractivity contribution in [1.82, 2.24) is 14.9 Å². The van der Waals surface area contributed by atoms with Gasteiger partial charge in [0, 0.05) is 30.5 Å². The Kier molecular flexibility index (Phi) is 5.27. The number of hydrogen-bond acceptors (Lipinski definition) is 4. The zero-order valence-corrected chi connectivity index (χ0v) is 13.4. The van der Waals surface area contributed by atoms with Crippen molar-refractivity contribution in [2.24, 2.45) is 0 Å². The van der Waals surface area contributed by atoms with Crippen LogP contribution in [0, 0.1) is 0 Å². The minimum absolute atomic E-state index is 0.0615. The Morgan fingerprint density at radius 1 is 1.41 bits per heavy atom. The first-order valence-electron chi connectivity index (χ1n) is 6.73. The van der Waals surface area contributed by atoms with Gasteiger partial charge in [-0.3, -0.25) is 4.79 Å². The van der Waals surface area contributed by atoms with Crippen molar-refractivity contribution in [3.63, 3.8) is 0 Å². The average molecular weight is 324 g/mol. The van der Waals surface area contributed by atoms with E-state index in [1.807, 2.05) is 17.7 Å². The van der Waals surface area contributed by atoms with E-state index in [1.54, 1.807) is 24.7 Å². The van der Waals surface area contributed by atoms with Gasteiger partial charge in [0.2, 0.25) is 0 Å². The molecule has 0 fully saturated rings. The Hall–Kier alpha value is -2.21. The second-order valence-electron chi connectivity index (χ2n) is 4.83. The SMILES string of the molecule is COc1cc(C(=O)NC(C)Cn2ccnc2)cc(Cl)c1OC. The van der Waals surface area contributed by atoms with Gasteiger partial charge in [-0.2, -0.15) is 0 Å². The van der Waals surface area contributed by atoms with E-state index < -0.39 is 0 Å². The first kappa shape index (κ1) is 16.2. The lowest BCUT2D eigenvalue weighted by Crippen LogP contribution is -2.35. The van der Waals surface area contributed by atoms with E-state index in [2.05, 4.69) is 10.3 Å². The van der Waals surface area contributed by atoms with Crippen molar-refractivity contribution in [3.8, 4) is 11.5 Å². The highest BCUT2D eigenvalue weighted by atomic mass is 35.5. The fourth-order valence-corrected chi connectivity index (χ4v) is 2.40. The molecule has 1 unspecified atom stereocenters. The number of nitrogens with zero attached hydrogens (tertiary/aromatic N) is 2. The lowest BCUT2D eigenvalue weighted by molar-refractivity contribution is 0.0936. The Labute approximate surface area is 134 Å². The van der Waals surface area contributed by atoms with Gasteiger partial charge in [0.1, 0.15) is 0 Å². The van der Waals surface area contributed by atoms with Gasteiger partial charge < -0.3 is 19.4 Å². The maximum atomic E-state index is 12.3. The van der Waals surface area contributed by atoms with Crippen LogP contribution in [0.1, 0.15) is 17.3 Å². The van der Waals surface area contributed by atoms with Gasteiger partial charge in [0.25, 0.3) is 5.91 Å². The number of halogens is 1. The summed E-state index contributed by atoms with van der Waals surface area (Å²) in [6, 6.07) is 3.10. The molecule has 0 spiro atoms. The van der Waals surface area contributed by atoms with Crippen molar-refractivity contribution in [3.05, 3.63) is 41.4 Å². The molecule has 0 aliphatic rings. The zero-order chi connectivity index (χ0) is 16.1. The summed E-state index contributed by atoms with van der Waals surface area (Å²) in [6.07, 6.45) is 5.24. The fraction of sp³-hybridized carbons (Fsp3) is 0.333. The van der Waals surface area contributed by atoms with E-state index in [4.69, 9.17) is 21.1 Å². The molecule has 1 amide bonds. The van der Waals surface area contributed by atoms with Crippen molar-refractivity contribution in [1.29, 1.82) is 0 Å². The molecule has 22 heavy (non-hydrogen) atoms. The van der Waals surface area contributed by atoms with Crippen LogP contribution < -0.4 is 14.8 Å². The molecule has 0 saturated heterocycles. The normalized spacial score (nSPS) is 11.8. The summed E-state index contributed by atoms with van der Waals surface area (Å²) in [6.45, 7) is 2.55. The number of carbonyl (C=O) groups excluding carboxylic acids is 1. The lowest BCUT2D eigenvalue weighted by Gasteiger charge is -2.16. The molecule has 1 heterocycles. The number of ether oxygens (including phenoxy) is 2. The number of methoxy groups -OCH3 is 2. The molecular formula is C15H18ClN3O3. The molecule has 2 rings (SSSR count). The summed E-state index contributed by atoms with van der Waals surface area (Å²) in [4.78, 5) is 16.3. The third-order valence-electron chi connectivity index (χ3n) is 3.12. The molecule has 7 heteroatoms. The lowest BCUT2D eigenvalue weighted by atomic mass is 10.1. The Bertz CT molecular complexity index is 644. The largest absolute Gasteiger partial charge is 0.493 e. The van der Waals surface area contributed by atoms with E-state index >= 15 is 0 Å². The van der Waals surface area contributed by atoms with Gasteiger partial charge in [0.15, 0.2) is 11.5 Å². The monoisotopic (exact) mass is 323 g/mol. The highest BCUT2D eigenvalue weighted by Crippen LogP contribution is 2.35. The standard InChI is InChI=1S/C15H18ClN3O3/c1-10(8-19-5-4-17-9-19)18-15(20)11-6-12(16)14(22-3)13(7-11)21-2/h4-7,9-10H,8H2,1-3H3,(H,18,20). The summed E-state index contributed by atoms with van der Waals surface area (Å²) < 4.78 is 12.2. The van der Waals surface area contributed by atoms with E-state index in [9.17, 15) is 4.79 Å². The Morgan fingerprint density at radius 2 is 2.18 bits per heavy atom. The van der Waals surface area contributed by atoms with E-state index in [1.165, 1.54) is 14.2 Å². The maximum absolute atomic E-state index is 12.3. The Balaban J connectivity index is 2.10. The third-order valence-corrected chi connectivity index (χ3v) is 3.40. The third kappa shape index (κ3) is 3.71. The average Bonchev–Trinajstić information content (AvgIpc) is 2.98. The number of hydrogen-bond donors (Lipinski definition) is 1. The van der Waals surface area contributed by atoms with Crippen LogP contribution in [0.2, 0.25) is 5.02 Å². The number of nitrogens with one attached hydrogen (secondary N) is 1. The van der Waals surface area contributed by atoms with Crippen LogP contribution in [-0.4, -0.2) is 35.7 Å². The molecule has 1 atom stereocenters. The number of benzene rings is 1. The number of aromatic nitrogens is 2. The minimum atomic E-state index is -0.226. The summed E-state index contributed by atoms with van der Waals surface area (Å²) >= 11 is 6.11. The van der Waals surface area contributed by atoms with Gasteiger partial charge in [0.05, 0.1) is 25.6 Å². The molecular weight excluding hydrogens is 306 g/mol. The van der Waals surface area contributed by atoms with Crippen molar-refractivity contribution in [2.45, 2.75) is 19.5 Å². The molecule has 0 radical (unpaired) electrons. The van der Waals surface area contributed by atoms with Crippen LogP contribution in [-0.2, 0) is 6.54 Å². The second kappa shape index (κ2) is 7.17. The van der Waals surface area contributed by atoms with Crippen molar-refractivity contribution < 1.29 is 14.3 Å². The van der Waals surface area contributed by atoms with E-state index in [0.29, 0.717) is 28.6 Å². The highest BCUT2D eigenvalue weighted by Gasteiger charge is 2.16. The van der Waals surface area contributed by atoms with Crippen molar-refractivity contribution in [2.75, 3.05) is 14.2 Å². The quantitative estimate of drug-likeness (QED) is 0.886. The van der Waals surface area contributed by atoms with E-state index in [-0.39, 0.29) is 11.9 Å². The number of imidazole rings is 1. The van der Waals surface area contributed by atoms with Gasteiger partial charge in [-0.15, -0.1) is 0 Å². The molecule has 0 saturated carbocycles. The fourth-order valence-electron chi connectivity index (χ4n) is 2.11. The summed E-state index contributed by atoms with van der Waals surface area (Å²) in [5.41, 5.74) is 0.417. The molecule has 118 valence electrons. The van der Waals surface area contributed by atoms with E-state index in [0.717, 1.165) is 0 Å². The molecule has 0 aliphatic carbocycles. The Morgan fingerprint density at radius 3 is 2.77 bits per heavy atom. The molecule has 2 aromatic rings. The van der Waals surface area contributed by atoms with Gasteiger partial charge in [-0.05, 0) is 19.1 Å². The molecule has 1 aromatic heterocycles. The molecule has 0 bridgehead atoms.